The van der Waals surface area contributed by atoms with E-state index in [0.29, 0.717) is 24.2 Å². The molecule has 1 amide bonds. The quantitative estimate of drug-likeness (QED) is 0.850. The first-order chi connectivity index (χ1) is 11.0. The lowest BCUT2D eigenvalue weighted by atomic mass is 10.1. The standard InChI is InChI=1S/C16H19ClFN3O2/c1-3-12(8-9-22)19-16(23)14-10(2)20-21(15(14)17)13-6-4-11(18)5-7-13/h4-7,12,22H,3,8-9H2,1-2H3,(H,19,23). The van der Waals surface area contributed by atoms with Crippen molar-refractivity contribution in [3.8, 4) is 5.69 Å². The first-order valence-electron chi connectivity index (χ1n) is 7.40. The molecule has 0 radical (unpaired) electrons. The highest BCUT2D eigenvalue weighted by atomic mass is 35.5. The van der Waals surface area contributed by atoms with E-state index in [1.165, 1.54) is 28.9 Å². The zero-order valence-electron chi connectivity index (χ0n) is 13.0. The van der Waals surface area contributed by atoms with E-state index >= 15 is 0 Å². The van der Waals surface area contributed by atoms with Gasteiger partial charge >= 0.3 is 0 Å². The van der Waals surface area contributed by atoms with Crippen molar-refractivity contribution in [1.29, 1.82) is 0 Å². The summed E-state index contributed by atoms with van der Waals surface area (Å²) < 4.78 is 14.4. The van der Waals surface area contributed by atoms with Gasteiger partial charge in [0.1, 0.15) is 11.0 Å². The number of aryl methyl sites for hydroxylation is 1. The molecule has 0 aliphatic rings. The van der Waals surface area contributed by atoms with Crippen LogP contribution in [0.4, 0.5) is 4.39 Å². The number of rotatable bonds is 6. The Bertz CT molecular complexity index is 685. The van der Waals surface area contributed by atoms with Crippen molar-refractivity contribution in [2.75, 3.05) is 6.61 Å². The number of carbonyl (C=O) groups is 1. The summed E-state index contributed by atoms with van der Waals surface area (Å²) in [4.78, 5) is 12.4. The average Bonchev–Trinajstić information content (AvgIpc) is 2.82. The van der Waals surface area contributed by atoms with Gasteiger partial charge in [-0.1, -0.05) is 18.5 Å². The molecule has 2 N–H and O–H groups in total. The molecule has 1 aromatic heterocycles. The summed E-state index contributed by atoms with van der Waals surface area (Å²) >= 11 is 6.30. The van der Waals surface area contributed by atoms with E-state index in [1.54, 1.807) is 6.92 Å². The zero-order chi connectivity index (χ0) is 17.0. The van der Waals surface area contributed by atoms with Crippen LogP contribution in [0.25, 0.3) is 5.69 Å². The van der Waals surface area contributed by atoms with Crippen LogP contribution < -0.4 is 5.32 Å². The zero-order valence-corrected chi connectivity index (χ0v) is 13.8. The number of halogens is 2. The number of aromatic nitrogens is 2. The first-order valence-corrected chi connectivity index (χ1v) is 7.78. The Kier molecular flexibility index (Phi) is 5.74. The van der Waals surface area contributed by atoms with Crippen molar-refractivity contribution < 1.29 is 14.3 Å². The van der Waals surface area contributed by atoms with E-state index in [9.17, 15) is 9.18 Å². The van der Waals surface area contributed by atoms with Crippen LogP contribution in [0, 0.1) is 12.7 Å². The van der Waals surface area contributed by atoms with Crippen LogP contribution >= 0.6 is 11.6 Å². The lowest BCUT2D eigenvalue weighted by molar-refractivity contribution is 0.0928. The third kappa shape index (κ3) is 3.89. The maximum atomic E-state index is 13.0. The first kappa shape index (κ1) is 17.4. The molecule has 1 aromatic carbocycles. The maximum absolute atomic E-state index is 13.0. The number of hydrogen-bond donors (Lipinski definition) is 2. The van der Waals surface area contributed by atoms with Crippen LogP contribution in [-0.2, 0) is 0 Å². The Morgan fingerprint density at radius 2 is 2.09 bits per heavy atom. The topological polar surface area (TPSA) is 67.2 Å². The molecule has 1 heterocycles. The SMILES string of the molecule is CCC(CCO)NC(=O)c1c(C)nn(-c2ccc(F)cc2)c1Cl. The van der Waals surface area contributed by atoms with Crippen LogP contribution in [0.3, 0.4) is 0 Å². The number of carbonyl (C=O) groups excluding carboxylic acids is 1. The smallest absolute Gasteiger partial charge is 0.256 e. The molecule has 1 atom stereocenters. The highest BCUT2D eigenvalue weighted by Crippen LogP contribution is 2.24. The van der Waals surface area contributed by atoms with Crippen molar-refractivity contribution in [3.63, 3.8) is 0 Å². The summed E-state index contributed by atoms with van der Waals surface area (Å²) in [6, 6.07) is 5.55. The summed E-state index contributed by atoms with van der Waals surface area (Å²) in [6.45, 7) is 3.62. The number of amides is 1. The molecule has 23 heavy (non-hydrogen) atoms. The number of aliphatic hydroxyl groups is 1. The lowest BCUT2D eigenvalue weighted by Gasteiger charge is -2.15. The van der Waals surface area contributed by atoms with E-state index in [2.05, 4.69) is 10.4 Å². The third-order valence-corrected chi connectivity index (χ3v) is 3.96. The fourth-order valence-corrected chi connectivity index (χ4v) is 2.66. The Balaban J connectivity index is 2.30. The normalized spacial score (nSPS) is 12.2. The Morgan fingerprint density at radius 1 is 1.43 bits per heavy atom. The number of aliphatic hydroxyl groups excluding tert-OH is 1. The fourth-order valence-electron chi connectivity index (χ4n) is 2.30. The summed E-state index contributed by atoms with van der Waals surface area (Å²) in [5.41, 5.74) is 1.34. The minimum atomic E-state index is -0.360. The van der Waals surface area contributed by atoms with Gasteiger partial charge in [-0.2, -0.15) is 5.10 Å². The Hall–Kier alpha value is -1.92. The number of benzene rings is 1. The van der Waals surface area contributed by atoms with Gasteiger partial charge in [0.15, 0.2) is 0 Å². The van der Waals surface area contributed by atoms with Gasteiger partial charge in [-0.25, -0.2) is 9.07 Å². The summed E-state index contributed by atoms with van der Waals surface area (Å²) in [7, 11) is 0. The molecule has 0 saturated carbocycles. The van der Waals surface area contributed by atoms with Gasteiger partial charge in [0.2, 0.25) is 0 Å². The predicted molar refractivity (Wildman–Crippen MR) is 86.5 cm³/mol. The van der Waals surface area contributed by atoms with Gasteiger partial charge in [-0.15, -0.1) is 0 Å². The van der Waals surface area contributed by atoms with Crippen molar-refractivity contribution in [2.24, 2.45) is 0 Å². The molecular weight excluding hydrogens is 321 g/mol. The van der Waals surface area contributed by atoms with E-state index in [4.69, 9.17) is 16.7 Å². The minimum absolute atomic E-state index is 0.000340. The van der Waals surface area contributed by atoms with Crippen LogP contribution in [0.1, 0.15) is 35.8 Å². The summed E-state index contributed by atoms with van der Waals surface area (Å²) in [5, 5.41) is 16.3. The fraction of sp³-hybridized carbons (Fsp3) is 0.375. The van der Waals surface area contributed by atoms with E-state index < -0.39 is 0 Å². The molecular formula is C16H19ClFN3O2. The van der Waals surface area contributed by atoms with Gasteiger partial charge in [0.05, 0.1) is 16.9 Å². The monoisotopic (exact) mass is 339 g/mol. The number of hydrogen-bond acceptors (Lipinski definition) is 3. The van der Waals surface area contributed by atoms with Crippen LogP contribution in [0.5, 0.6) is 0 Å². The van der Waals surface area contributed by atoms with Gasteiger partial charge < -0.3 is 10.4 Å². The van der Waals surface area contributed by atoms with Crippen LogP contribution in [-0.4, -0.2) is 33.4 Å². The second kappa shape index (κ2) is 7.57. The van der Waals surface area contributed by atoms with E-state index in [1.807, 2.05) is 6.92 Å². The highest BCUT2D eigenvalue weighted by Gasteiger charge is 2.22. The second-order valence-electron chi connectivity index (χ2n) is 5.23. The minimum Gasteiger partial charge on any atom is -0.396 e. The molecule has 0 aliphatic heterocycles. The largest absolute Gasteiger partial charge is 0.396 e. The molecule has 0 spiro atoms. The Labute approximate surface area is 139 Å². The number of nitrogens with zero attached hydrogens (tertiary/aromatic N) is 2. The van der Waals surface area contributed by atoms with Gasteiger partial charge in [0.25, 0.3) is 5.91 Å². The van der Waals surface area contributed by atoms with E-state index in [-0.39, 0.29) is 35.1 Å². The van der Waals surface area contributed by atoms with Crippen molar-refractivity contribution in [3.05, 3.63) is 46.5 Å². The molecule has 0 saturated heterocycles. The van der Waals surface area contributed by atoms with E-state index in [0.717, 1.165) is 0 Å². The second-order valence-corrected chi connectivity index (χ2v) is 5.59. The van der Waals surface area contributed by atoms with Crippen molar-refractivity contribution >= 4 is 17.5 Å². The van der Waals surface area contributed by atoms with Crippen LogP contribution in [0.15, 0.2) is 24.3 Å². The van der Waals surface area contributed by atoms with Crippen molar-refractivity contribution in [1.82, 2.24) is 15.1 Å². The molecule has 2 rings (SSSR count). The predicted octanol–water partition coefficient (Wildman–Crippen LogP) is 2.86. The van der Waals surface area contributed by atoms with Gasteiger partial charge in [-0.05, 0) is 44.0 Å². The average molecular weight is 340 g/mol. The molecule has 5 nitrogen and oxygen atoms in total. The molecule has 0 fully saturated rings. The molecule has 0 aliphatic carbocycles. The highest BCUT2D eigenvalue weighted by molar-refractivity contribution is 6.33. The number of nitrogens with one attached hydrogen (secondary N) is 1. The molecule has 124 valence electrons. The summed E-state index contributed by atoms with van der Waals surface area (Å²) in [5.74, 6) is -0.692. The van der Waals surface area contributed by atoms with Gasteiger partial charge in [0, 0.05) is 12.6 Å². The molecule has 7 heteroatoms. The molecule has 1 unspecified atom stereocenters. The van der Waals surface area contributed by atoms with Gasteiger partial charge in [-0.3, -0.25) is 4.79 Å². The summed E-state index contributed by atoms with van der Waals surface area (Å²) in [6.07, 6.45) is 1.18. The van der Waals surface area contributed by atoms with Crippen molar-refractivity contribution in [2.45, 2.75) is 32.7 Å². The van der Waals surface area contributed by atoms with Crippen LogP contribution in [0.2, 0.25) is 5.15 Å². The third-order valence-electron chi connectivity index (χ3n) is 3.61. The molecule has 0 bridgehead atoms. The Morgan fingerprint density at radius 3 is 2.65 bits per heavy atom. The lowest BCUT2D eigenvalue weighted by Crippen LogP contribution is -2.35. The maximum Gasteiger partial charge on any atom is 0.256 e. The molecule has 2 aromatic rings.